The molecular weight excluding hydrogens is 176 g/mol. The normalized spacial score (nSPS) is 10.0. The van der Waals surface area contributed by atoms with Gasteiger partial charge in [0.25, 0.3) is 0 Å². The van der Waals surface area contributed by atoms with Crippen LogP contribution < -0.4 is 21.7 Å². The minimum absolute atomic E-state index is 1.10. The molecule has 1 rings (SSSR count). The average Bonchev–Trinajstić information content (AvgIpc) is 2.18. The van der Waals surface area contributed by atoms with Gasteiger partial charge in [-0.3, -0.25) is 0 Å². The van der Waals surface area contributed by atoms with E-state index < -0.39 is 0 Å². The quantitative estimate of drug-likeness (QED) is 0.547. The van der Waals surface area contributed by atoms with Crippen molar-refractivity contribution in [2.75, 3.05) is 24.9 Å². The first-order valence-electron chi connectivity index (χ1n) is 4.66. The highest BCUT2D eigenvalue weighted by atomic mass is 15.3. The van der Waals surface area contributed by atoms with Crippen LogP contribution in [0.15, 0.2) is 12.1 Å². The third-order valence-electron chi connectivity index (χ3n) is 2.31. The third kappa shape index (κ3) is 2.16. The first kappa shape index (κ1) is 10.8. The summed E-state index contributed by atoms with van der Waals surface area (Å²) in [4.78, 5) is 0. The van der Waals surface area contributed by atoms with Crippen LogP contribution in [0.2, 0.25) is 0 Å². The molecule has 0 fully saturated rings. The van der Waals surface area contributed by atoms with Crippen LogP contribution in [0.3, 0.4) is 0 Å². The highest BCUT2D eigenvalue weighted by Crippen LogP contribution is 2.24. The van der Waals surface area contributed by atoms with Gasteiger partial charge in [0, 0.05) is 14.1 Å². The lowest BCUT2D eigenvalue weighted by Crippen LogP contribution is -2.18. The summed E-state index contributed by atoms with van der Waals surface area (Å²) in [5.74, 6) is 0. The van der Waals surface area contributed by atoms with Gasteiger partial charge in [-0.15, -0.1) is 0 Å². The summed E-state index contributed by atoms with van der Waals surface area (Å²) in [6, 6.07) is 4.08. The van der Waals surface area contributed by atoms with Crippen LogP contribution in [-0.2, 0) is 0 Å². The van der Waals surface area contributed by atoms with Gasteiger partial charge < -0.3 is 10.9 Å². The van der Waals surface area contributed by atoms with E-state index in [0.717, 1.165) is 11.4 Å². The summed E-state index contributed by atoms with van der Waals surface area (Å²) in [5.41, 5.74) is 16.7. The van der Waals surface area contributed by atoms with E-state index in [-0.39, 0.29) is 0 Å². The first-order valence-corrected chi connectivity index (χ1v) is 4.66. The average molecular weight is 194 g/mol. The first-order chi connectivity index (χ1) is 6.70. The van der Waals surface area contributed by atoms with E-state index in [1.165, 1.54) is 11.1 Å². The Hall–Kier alpha value is -1.26. The molecular formula is C10H18N4. The van der Waals surface area contributed by atoms with Gasteiger partial charge in [-0.2, -0.15) is 0 Å². The lowest BCUT2D eigenvalue weighted by atomic mass is 10.1. The topological polar surface area (TPSA) is 48.1 Å². The van der Waals surface area contributed by atoms with Crippen molar-refractivity contribution in [2.45, 2.75) is 13.8 Å². The Morgan fingerprint density at radius 2 is 1.14 bits per heavy atom. The van der Waals surface area contributed by atoms with Crippen LogP contribution in [-0.4, -0.2) is 14.1 Å². The molecule has 78 valence electrons. The van der Waals surface area contributed by atoms with Gasteiger partial charge in [0.2, 0.25) is 0 Å². The molecule has 0 amide bonds. The Morgan fingerprint density at radius 1 is 0.786 bits per heavy atom. The summed E-state index contributed by atoms with van der Waals surface area (Å²) >= 11 is 0. The summed E-state index contributed by atoms with van der Waals surface area (Å²) in [5, 5.41) is 0. The minimum atomic E-state index is 1.10. The summed E-state index contributed by atoms with van der Waals surface area (Å²) < 4.78 is 0. The fraction of sp³-hybridized carbons (Fsp3) is 0.400. The van der Waals surface area contributed by atoms with Crippen molar-refractivity contribution < 1.29 is 0 Å². The lowest BCUT2D eigenvalue weighted by Gasteiger charge is -2.15. The van der Waals surface area contributed by atoms with E-state index in [0.29, 0.717) is 0 Å². The van der Waals surface area contributed by atoms with Crippen LogP contribution in [0.25, 0.3) is 0 Å². The SMILES string of the molecule is CNNc1ccc(NNC)c(C)c1C. The van der Waals surface area contributed by atoms with Crippen molar-refractivity contribution >= 4 is 11.4 Å². The molecule has 0 aliphatic rings. The Balaban J connectivity index is 2.99. The fourth-order valence-electron chi connectivity index (χ4n) is 1.36. The second-order valence-electron chi connectivity index (χ2n) is 3.16. The van der Waals surface area contributed by atoms with E-state index in [1.807, 2.05) is 26.2 Å². The van der Waals surface area contributed by atoms with Gasteiger partial charge in [0.15, 0.2) is 0 Å². The zero-order valence-corrected chi connectivity index (χ0v) is 9.15. The van der Waals surface area contributed by atoms with Gasteiger partial charge in [-0.25, -0.2) is 10.9 Å². The number of hydrogen-bond donors (Lipinski definition) is 4. The van der Waals surface area contributed by atoms with Crippen molar-refractivity contribution in [3.05, 3.63) is 23.3 Å². The van der Waals surface area contributed by atoms with Gasteiger partial charge in [-0.05, 0) is 37.1 Å². The highest BCUT2D eigenvalue weighted by Gasteiger charge is 2.04. The Bertz CT molecular complexity index is 278. The van der Waals surface area contributed by atoms with Crippen LogP contribution in [0, 0.1) is 13.8 Å². The zero-order valence-electron chi connectivity index (χ0n) is 9.15. The number of nitrogens with one attached hydrogen (secondary N) is 4. The van der Waals surface area contributed by atoms with Gasteiger partial charge in [-0.1, -0.05) is 0 Å². The molecule has 0 spiro atoms. The summed E-state index contributed by atoms with van der Waals surface area (Å²) in [6.45, 7) is 4.19. The molecule has 4 nitrogen and oxygen atoms in total. The molecule has 0 unspecified atom stereocenters. The molecule has 0 aliphatic heterocycles. The summed E-state index contributed by atoms with van der Waals surface area (Å²) in [6.07, 6.45) is 0. The van der Waals surface area contributed by atoms with Crippen LogP contribution >= 0.6 is 0 Å². The number of hydrogen-bond acceptors (Lipinski definition) is 4. The van der Waals surface area contributed by atoms with E-state index in [1.54, 1.807) is 0 Å². The number of hydrazine groups is 2. The molecule has 0 aliphatic carbocycles. The molecule has 0 bridgehead atoms. The van der Waals surface area contributed by atoms with Crippen LogP contribution in [0.5, 0.6) is 0 Å². The molecule has 1 aromatic rings. The molecule has 0 saturated carbocycles. The molecule has 0 atom stereocenters. The van der Waals surface area contributed by atoms with E-state index >= 15 is 0 Å². The monoisotopic (exact) mass is 194 g/mol. The van der Waals surface area contributed by atoms with E-state index in [4.69, 9.17) is 0 Å². The van der Waals surface area contributed by atoms with Crippen molar-refractivity contribution in [3.8, 4) is 0 Å². The van der Waals surface area contributed by atoms with E-state index in [9.17, 15) is 0 Å². The van der Waals surface area contributed by atoms with Crippen molar-refractivity contribution in [1.82, 2.24) is 10.9 Å². The maximum atomic E-state index is 3.09. The lowest BCUT2D eigenvalue weighted by molar-refractivity contribution is 0.967. The molecule has 0 heterocycles. The largest absolute Gasteiger partial charge is 0.321 e. The Morgan fingerprint density at radius 3 is 1.43 bits per heavy atom. The highest BCUT2D eigenvalue weighted by molar-refractivity contribution is 5.64. The predicted octanol–water partition coefficient (Wildman–Crippen LogP) is 1.40. The zero-order chi connectivity index (χ0) is 10.6. The van der Waals surface area contributed by atoms with Gasteiger partial charge >= 0.3 is 0 Å². The molecule has 14 heavy (non-hydrogen) atoms. The van der Waals surface area contributed by atoms with Crippen LogP contribution in [0.1, 0.15) is 11.1 Å². The van der Waals surface area contributed by atoms with E-state index in [2.05, 4.69) is 35.6 Å². The standard InChI is InChI=1S/C10H18N4/c1-7-8(2)10(14-12-4)6-5-9(7)13-11-3/h5-6,11-14H,1-4H3. The second-order valence-corrected chi connectivity index (χ2v) is 3.16. The maximum Gasteiger partial charge on any atom is 0.0520 e. The third-order valence-corrected chi connectivity index (χ3v) is 2.31. The number of anilines is 2. The molecule has 4 heteroatoms. The molecule has 4 N–H and O–H groups in total. The smallest absolute Gasteiger partial charge is 0.0520 e. The number of benzene rings is 1. The molecule has 0 aromatic heterocycles. The van der Waals surface area contributed by atoms with Crippen molar-refractivity contribution in [1.29, 1.82) is 0 Å². The molecule has 0 saturated heterocycles. The molecule has 1 aromatic carbocycles. The van der Waals surface area contributed by atoms with Crippen LogP contribution in [0.4, 0.5) is 11.4 Å². The predicted molar refractivity (Wildman–Crippen MR) is 61.3 cm³/mol. The number of rotatable bonds is 4. The Labute approximate surface area is 85.0 Å². The summed E-state index contributed by atoms with van der Waals surface area (Å²) in [7, 11) is 3.71. The Kier molecular flexibility index (Phi) is 3.73. The fourth-order valence-corrected chi connectivity index (χ4v) is 1.36. The van der Waals surface area contributed by atoms with Gasteiger partial charge in [0.1, 0.15) is 0 Å². The minimum Gasteiger partial charge on any atom is -0.321 e. The van der Waals surface area contributed by atoms with Gasteiger partial charge in [0.05, 0.1) is 11.4 Å². The van der Waals surface area contributed by atoms with Crippen molar-refractivity contribution in [3.63, 3.8) is 0 Å². The maximum absolute atomic E-state index is 3.09. The van der Waals surface area contributed by atoms with Crippen molar-refractivity contribution in [2.24, 2.45) is 0 Å². The second kappa shape index (κ2) is 4.83. The molecule has 0 radical (unpaired) electrons.